The van der Waals surface area contributed by atoms with Gasteiger partial charge in [0.15, 0.2) is 5.17 Å². The molecule has 2 rings (SSSR count). The number of thioether (sulfide) groups is 1. The van der Waals surface area contributed by atoms with Gasteiger partial charge in [-0.3, -0.25) is 4.99 Å². The molecular formula is C13H17ClN2S. The predicted molar refractivity (Wildman–Crippen MR) is 77.0 cm³/mol. The zero-order valence-corrected chi connectivity index (χ0v) is 11.7. The Morgan fingerprint density at radius 2 is 2.41 bits per heavy atom. The minimum absolute atomic E-state index is 0.246. The van der Waals surface area contributed by atoms with Crippen molar-refractivity contribution in [2.45, 2.75) is 32.4 Å². The molecule has 1 N–H and O–H groups in total. The normalized spacial score (nSPS) is 21.1. The molecule has 0 saturated heterocycles. The Bertz CT molecular complexity index is 420. The molecule has 92 valence electrons. The third kappa shape index (κ3) is 3.39. The summed E-state index contributed by atoms with van der Waals surface area (Å²) in [4.78, 5) is 4.63. The van der Waals surface area contributed by atoms with Gasteiger partial charge in [0.2, 0.25) is 0 Å². The van der Waals surface area contributed by atoms with Gasteiger partial charge in [0, 0.05) is 10.8 Å². The summed E-state index contributed by atoms with van der Waals surface area (Å²) < 4.78 is 0. The summed E-state index contributed by atoms with van der Waals surface area (Å²) in [6.45, 7) is 4.31. The molecule has 2 unspecified atom stereocenters. The van der Waals surface area contributed by atoms with Crippen molar-refractivity contribution < 1.29 is 0 Å². The van der Waals surface area contributed by atoms with E-state index in [9.17, 15) is 0 Å². The molecule has 1 aromatic carbocycles. The zero-order valence-electron chi connectivity index (χ0n) is 10.1. The van der Waals surface area contributed by atoms with Gasteiger partial charge in [-0.2, -0.15) is 0 Å². The first kappa shape index (κ1) is 12.8. The number of amidine groups is 1. The van der Waals surface area contributed by atoms with E-state index in [0.717, 1.165) is 22.4 Å². The molecule has 0 saturated carbocycles. The van der Waals surface area contributed by atoms with Crippen LogP contribution in [0.25, 0.3) is 0 Å². The van der Waals surface area contributed by atoms with Gasteiger partial charge in [0.1, 0.15) is 0 Å². The molecule has 1 heterocycles. The lowest BCUT2D eigenvalue weighted by Gasteiger charge is -2.15. The maximum Gasteiger partial charge on any atom is 0.157 e. The van der Waals surface area contributed by atoms with Crippen molar-refractivity contribution in [3.63, 3.8) is 0 Å². The van der Waals surface area contributed by atoms with E-state index in [-0.39, 0.29) is 6.04 Å². The van der Waals surface area contributed by atoms with Gasteiger partial charge in [-0.05, 0) is 31.0 Å². The van der Waals surface area contributed by atoms with Crippen LogP contribution in [-0.4, -0.2) is 17.0 Å². The number of nitrogens with one attached hydrogen (secondary N) is 1. The second-order valence-corrected chi connectivity index (χ2v) is 5.67. The maximum absolute atomic E-state index is 5.99. The summed E-state index contributed by atoms with van der Waals surface area (Å²) >= 11 is 7.80. The minimum Gasteiger partial charge on any atom is -0.358 e. The highest BCUT2D eigenvalue weighted by Crippen LogP contribution is 2.22. The van der Waals surface area contributed by atoms with E-state index >= 15 is 0 Å². The number of benzene rings is 1. The molecule has 17 heavy (non-hydrogen) atoms. The Morgan fingerprint density at radius 3 is 3.06 bits per heavy atom. The molecule has 2 nitrogen and oxygen atoms in total. The van der Waals surface area contributed by atoms with E-state index in [1.54, 1.807) is 0 Å². The lowest BCUT2D eigenvalue weighted by atomic mass is 10.1. The largest absolute Gasteiger partial charge is 0.358 e. The van der Waals surface area contributed by atoms with Crippen molar-refractivity contribution in [1.29, 1.82) is 0 Å². The van der Waals surface area contributed by atoms with Crippen LogP contribution in [0.3, 0.4) is 0 Å². The molecule has 4 heteroatoms. The third-order valence-electron chi connectivity index (χ3n) is 2.87. The van der Waals surface area contributed by atoms with E-state index in [4.69, 9.17) is 11.6 Å². The van der Waals surface area contributed by atoms with Gasteiger partial charge in [-0.15, -0.1) is 0 Å². The number of hydrogen-bond donors (Lipinski definition) is 1. The van der Waals surface area contributed by atoms with Gasteiger partial charge in [-0.25, -0.2) is 0 Å². The summed E-state index contributed by atoms with van der Waals surface area (Å²) in [7, 11) is 0. The van der Waals surface area contributed by atoms with Crippen molar-refractivity contribution in [1.82, 2.24) is 5.32 Å². The Morgan fingerprint density at radius 1 is 1.59 bits per heavy atom. The van der Waals surface area contributed by atoms with Gasteiger partial charge >= 0.3 is 0 Å². The monoisotopic (exact) mass is 268 g/mol. The molecule has 2 atom stereocenters. The van der Waals surface area contributed by atoms with Crippen LogP contribution in [0.4, 0.5) is 0 Å². The molecule has 0 aromatic heterocycles. The standard InChI is InChI=1S/C13H17ClN2S/c1-3-12-8-17-13(16-12)15-9(2)10-5-4-6-11(14)7-10/h4-7,9,12H,3,8H2,1-2H3,(H,15,16). The molecular weight excluding hydrogens is 252 g/mol. The lowest BCUT2D eigenvalue weighted by molar-refractivity contribution is 0.702. The van der Waals surface area contributed by atoms with Gasteiger partial charge in [0.25, 0.3) is 0 Å². The molecule has 0 amide bonds. The lowest BCUT2D eigenvalue weighted by Crippen LogP contribution is -2.23. The number of halogens is 1. The molecule has 0 radical (unpaired) electrons. The fourth-order valence-electron chi connectivity index (χ4n) is 1.75. The smallest absolute Gasteiger partial charge is 0.157 e. The van der Waals surface area contributed by atoms with E-state index in [1.165, 1.54) is 5.56 Å². The van der Waals surface area contributed by atoms with Crippen molar-refractivity contribution in [3.8, 4) is 0 Å². The average molecular weight is 269 g/mol. The van der Waals surface area contributed by atoms with Gasteiger partial charge < -0.3 is 5.32 Å². The van der Waals surface area contributed by atoms with E-state index in [0.29, 0.717) is 6.04 Å². The Balaban J connectivity index is 2.00. The van der Waals surface area contributed by atoms with Crippen molar-refractivity contribution in [2.24, 2.45) is 4.99 Å². The minimum atomic E-state index is 0.246. The summed E-state index contributed by atoms with van der Waals surface area (Å²) in [5, 5.41) is 5.28. The van der Waals surface area contributed by atoms with Crippen molar-refractivity contribution in [3.05, 3.63) is 34.9 Å². The highest BCUT2D eigenvalue weighted by molar-refractivity contribution is 8.14. The van der Waals surface area contributed by atoms with Crippen molar-refractivity contribution in [2.75, 3.05) is 5.75 Å². The van der Waals surface area contributed by atoms with Crippen LogP contribution in [0.2, 0.25) is 5.02 Å². The molecule has 1 aromatic rings. The summed E-state index contributed by atoms with van der Waals surface area (Å²) in [6, 6.07) is 8.68. The Hall–Kier alpha value is -0.670. The summed E-state index contributed by atoms with van der Waals surface area (Å²) in [6.07, 6.45) is 1.11. The van der Waals surface area contributed by atoms with Crippen LogP contribution < -0.4 is 5.32 Å². The summed E-state index contributed by atoms with van der Waals surface area (Å²) in [5.74, 6) is 1.10. The van der Waals surface area contributed by atoms with E-state index in [2.05, 4.69) is 30.2 Å². The fourth-order valence-corrected chi connectivity index (χ4v) is 3.09. The van der Waals surface area contributed by atoms with E-state index < -0.39 is 0 Å². The Kier molecular flexibility index (Phi) is 4.35. The SMILES string of the molecule is CCC1CSC(NC(C)c2cccc(Cl)c2)=N1. The number of hydrogen-bond acceptors (Lipinski definition) is 3. The average Bonchev–Trinajstić information content (AvgIpc) is 2.77. The maximum atomic E-state index is 5.99. The topological polar surface area (TPSA) is 24.4 Å². The number of rotatable bonds is 3. The summed E-state index contributed by atoms with van der Waals surface area (Å²) in [5.41, 5.74) is 1.20. The second-order valence-electron chi connectivity index (χ2n) is 4.23. The number of aliphatic imine (C=N–C) groups is 1. The first-order valence-corrected chi connectivity index (χ1v) is 7.28. The van der Waals surface area contributed by atoms with Gasteiger partial charge in [-0.1, -0.05) is 42.4 Å². The molecule has 0 fully saturated rings. The van der Waals surface area contributed by atoms with Crippen molar-refractivity contribution >= 4 is 28.5 Å². The van der Waals surface area contributed by atoms with Crippen LogP contribution in [0.1, 0.15) is 31.9 Å². The second kappa shape index (κ2) is 5.78. The van der Waals surface area contributed by atoms with Crippen LogP contribution in [0.5, 0.6) is 0 Å². The first-order valence-electron chi connectivity index (χ1n) is 5.91. The predicted octanol–water partition coefficient (Wildman–Crippen LogP) is 3.87. The fraction of sp³-hybridized carbons (Fsp3) is 0.462. The molecule has 1 aliphatic heterocycles. The molecule has 0 aliphatic carbocycles. The highest BCUT2D eigenvalue weighted by atomic mass is 35.5. The van der Waals surface area contributed by atoms with Crippen LogP contribution in [0, 0.1) is 0 Å². The molecule has 0 spiro atoms. The van der Waals surface area contributed by atoms with E-state index in [1.807, 2.05) is 30.0 Å². The first-order chi connectivity index (χ1) is 8.19. The highest BCUT2D eigenvalue weighted by Gasteiger charge is 2.18. The van der Waals surface area contributed by atoms with Gasteiger partial charge in [0.05, 0.1) is 12.1 Å². The number of nitrogens with zero attached hydrogens (tertiary/aromatic N) is 1. The van der Waals surface area contributed by atoms with Crippen LogP contribution >= 0.6 is 23.4 Å². The quantitative estimate of drug-likeness (QED) is 0.900. The Labute approximate surface area is 112 Å². The zero-order chi connectivity index (χ0) is 12.3. The third-order valence-corrected chi connectivity index (χ3v) is 4.16. The van der Waals surface area contributed by atoms with Crippen LogP contribution in [0.15, 0.2) is 29.3 Å². The molecule has 0 bridgehead atoms. The van der Waals surface area contributed by atoms with Crippen LogP contribution in [-0.2, 0) is 0 Å². The molecule has 1 aliphatic rings.